The molecule has 0 aliphatic heterocycles. The average molecular weight is 386 g/mol. The van der Waals surface area contributed by atoms with Crippen molar-refractivity contribution >= 4 is 34.2 Å². The number of rotatable bonds is 3. The highest BCUT2D eigenvalue weighted by atomic mass is 16.5. The third-order valence-corrected chi connectivity index (χ3v) is 4.78. The average Bonchev–Trinajstić information content (AvgIpc) is 3.05. The number of aromatic nitrogens is 1. The molecule has 0 saturated heterocycles. The van der Waals surface area contributed by atoms with Crippen molar-refractivity contribution in [3.05, 3.63) is 71.3 Å². The molecule has 0 fully saturated rings. The highest BCUT2D eigenvalue weighted by molar-refractivity contribution is 6.03. The van der Waals surface area contributed by atoms with Crippen molar-refractivity contribution in [3.63, 3.8) is 0 Å². The van der Waals surface area contributed by atoms with Gasteiger partial charge in [-0.15, -0.1) is 0 Å². The molecule has 4 N–H and O–H groups in total. The number of aryl methyl sites for hydroxylation is 3. The number of hydrogen-bond donors (Lipinski definition) is 3. The lowest BCUT2D eigenvalue weighted by atomic mass is 9.99. The molecule has 2 amide bonds. The van der Waals surface area contributed by atoms with Crippen LogP contribution < -0.4 is 16.4 Å². The van der Waals surface area contributed by atoms with Gasteiger partial charge in [0.25, 0.3) is 0 Å². The quantitative estimate of drug-likeness (QED) is 0.424. The van der Waals surface area contributed by atoms with Gasteiger partial charge in [0.1, 0.15) is 0 Å². The summed E-state index contributed by atoms with van der Waals surface area (Å²) in [5.74, 6) is 0.369. The zero-order valence-electron chi connectivity index (χ0n) is 16.5. The van der Waals surface area contributed by atoms with Crippen LogP contribution in [0, 0.1) is 20.8 Å². The Kier molecular flexibility index (Phi) is 4.68. The predicted molar refractivity (Wildman–Crippen MR) is 117 cm³/mol. The molecule has 146 valence electrons. The van der Waals surface area contributed by atoms with Gasteiger partial charge in [-0.25, -0.2) is 4.79 Å². The Balaban J connectivity index is 1.53. The second-order valence-corrected chi connectivity index (χ2v) is 7.23. The van der Waals surface area contributed by atoms with E-state index in [0.29, 0.717) is 17.1 Å². The molecule has 1 heterocycles. The number of amides is 2. The van der Waals surface area contributed by atoms with Crippen LogP contribution in [0.1, 0.15) is 16.7 Å². The van der Waals surface area contributed by atoms with Gasteiger partial charge in [0.15, 0.2) is 11.4 Å². The lowest BCUT2D eigenvalue weighted by molar-refractivity contribution is 0.262. The Hall–Kier alpha value is -3.80. The molecule has 0 atom stereocenters. The second kappa shape index (κ2) is 7.31. The van der Waals surface area contributed by atoms with E-state index in [2.05, 4.69) is 21.9 Å². The van der Waals surface area contributed by atoms with Crippen molar-refractivity contribution in [2.24, 2.45) is 0 Å². The zero-order valence-corrected chi connectivity index (χ0v) is 16.5. The Morgan fingerprint density at radius 3 is 2.24 bits per heavy atom. The molecule has 6 nitrogen and oxygen atoms in total. The number of fused-ring (bicyclic) bond motifs is 1. The van der Waals surface area contributed by atoms with Crippen LogP contribution in [0.15, 0.2) is 59.1 Å². The molecule has 0 radical (unpaired) electrons. The largest absolute Gasteiger partial charge is 0.380 e. The maximum atomic E-state index is 12.3. The van der Waals surface area contributed by atoms with E-state index < -0.39 is 0 Å². The van der Waals surface area contributed by atoms with Crippen LogP contribution in [0.2, 0.25) is 0 Å². The number of anilines is 3. The second-order valence-electron chi connectivity index (χ2n) is 7.23. The molecule has 0 unspecified atom stereocenters. The summed E-state index contributed by atoms with van der Waals surface area (Å²) >= 11 is 0. The number of benzene rings is 3. The number of nitrogen functional groups attached to an aromatic ring is 1. The summed E-state index contributed by atoms with van der Waals surface area (Å²) < 4.78 is 5.35. The summed E-state index contributed by atoms with van der Waals surface area (Å²) in [4.78, 5) is 12.3. The van der Waals surface area contributed by atoms with Gasteiger partial charge in [0.05, 0.1) is 5.39 Å². The third-order valence-electron chi connectivity index (χ3n) is 4.78. The summed E-state index contributed by atoms with van der Waals surface area (Å²) in [5.41, 5.74) is 13.2. The monoisotopic (exact) mass is 386 g/mol. The Labute approximate surface area is 168 Å². The van der Waals surface area contributed by atoms with Crippen molar-refractivity contribution < 1.29 is 9.32 Å². The first-order valence-corrected chi connectivity index (χ1v) is 9.32. The maximum Gasteiger partial charge on any atom is 0.323 e. The third kappa shape index (κ3) is 3.78. The summed E-state index contributed by atoms with van der Waals surface area (Å²) in [6, 6.07) is 17.2. The van der Waals surface area contributed by atoms with Gasteiger partial charge < -0.3 is 20.9 Å². The molecule has 0 spiro atoms. The minimum atomic E-state index is -0.288. The molecule has 4 rings (SSSR count). The summed E-state index contributed by atoms with van der Waals surface area (Å²) in [6.45, 7) is 5.95. The van der Waals surface area contributed by atoms with Crippen LogP contribution in [0.5, 0.6) is 0 Å². The highest BCUT2D eigenvalue weighted by Crippen LogP contribution is 2.34. The first kappa shape index (κ1) is 18.6. The maximum absolute atomic E-state index is 12.3. The Morgan fingerprint density at radius 1 is 0.897 bits per heavy atom. The molecule has 4 aromatic rings. The van der Waals surface area contributed by atoms with E-state index in [9.17, 15) is 4.79 Å². The van der Waals surface area contributed by atoms with E-state index in [0.717, 1.165) is 38.9 Å². The van der Waals surface area contributed by atoms with E-state index in [4.69, 9.17) is 10.3 Å². The first-order valence-electron chi connectivity index (χ1n) is 9.32. The lowest BCUT2D eigenvalue weighted by Crippen LogP contribution is -2.19. The fraction of sp³-hybridized carbons (Fsp3) is 0.130. The number of carbonyl (C=O) groups excluding carboxylic acids is 1. The van der Waals surface area contributed by atoms with Gasteiger partial charge in [0, 0.05) is 11.4 Å². The van der Waals surface area contributed by atoms with Crippen molar-refractivity contribution in [1.29, 1.82) is 0 Å². The van der Waals surface area contributed by atoms with Crippen LogP contribution in [-0.2, 0) is 0 Å². The van der Waals surface area contributed by atoms with E-state index in [1.54, 1.807) is 0 Å². The number of nitrogens with one attached hydrogen (secondary N) is 2. The van der Waals surface area contributed by atoms with Gasteiger partial charge in [-0.1, -0.05) is 35.5 Å². The van der Waals surface area contributed by atoms with Crippen molar-refractivity contribution in [2.75, 3.05) is 16.4 Å². The molecular weight excluding hydrogens is 364 g/mol. The molecule has 29 heavy (non-hydrogen) atoms. The molecule has 0 aliphatic rings. The highest BCUT2D eigenvalue weighted by Gasteiger charge is 2.14. The van der Waals surface area contributed by atoms with Gasteiger partial charge in [-0.3, -0.25) is 0 Å². The summed E-state index contributed by atoms with van der Waals surface area (Å²) in [6.07, 6.45) is 0. The van der Waals surface area contributed by atoms with Crippen LogP contribution >= 0.6 is 0 Å². The molecule has 1 aromatic heterocycles. The Morgan fingerprint density at radius 2 is 1.55 bits per heavy atom. The predicted octanol–water partition coefficient (Wildman–Crippen LogP) is 5.65. The van der Waals surface area contributed by atoms with Crippen molar-refractivity contribution in [3.8, 4) is 11.1 Å². The fourth-order valence-corrected chi connectivity index (χ4v) is 3.51. The van der Waals surface area contributed by atoms with Crippen molar-refractivity contribution in [2.45, 2.75) is 20.8 Å². The number of urea groups is 1. The lowest BCUT2D eigenvalue weighted by Gasteiger charge is -2.10. The number of carbonyl (C=O) groups is 1. The fourth-order valence-electron chi connectivity index (χ4n) is 3.51. The minimum absolute atomic E-state index is 0.288. The zero-order chi connectivity index (χ0) is 20.5. The molecule has 0 aliphatic carbocycles. The van der Waals surface area contributed by atoms with Crippen molar-refractivity contribution in [1.82, 2.24) is 5.16 Å². The molecule has 3 aromatic carbocycles. The van der Waals surface area contributed by atoms with Gasteiger partial charge in [-0.05, 0) is 72.9 Å². The van der Waals surface area contributed by atoms with E-state index in [1.807, 2.05) is 69.3 Å². The SMILES string of the molecule is Cc1cc(C)cc(NC(=O)Nc2ccc(-c3ccc(C)c4onc(N)c34)cc2)c1. The summed E-state index contributed by atoms with van der Waals surface area (Å²) in [7, 11) is 0. The first-order chi connectivity index (χ1) is 13.9. The summed E-state index contributed by atoms with van der Waals surface area (Å²) in [5, 5.41) is 10.4. The molecule has 0 bridgehead atoms. The number of nitrogens with two attached hydrogens (primary N) is 1. The minimum Gasteiger partial charge on any atom is -0.380 e. The molecular formula is C23H22N4O2. The van der Waals surface area contributed by atoms with Gasteiger partial charge in [-0.2, -0.15) is 0 Å². The van der Waals surface area contributed by atoms with Crippen LogP contribution in [0.25, 0.3) is 22.1 Å². The smallest absolute Gasteiger partial charge is 0.323 e. The number of nitrogens with zero attached hydrogens (tertiary/aromatic N) is 1. The van der Waals surface area contributed by atoms with E-state index >= 15 is 0 Å². The van der Waals surface area contributed by atoms with Crippen LogP contribution in [-0.4, -0.2) is 11.2 Å². The van der Waals surface area contributed by atoms with Gasteiger partial charge >= 0.3 is 6.03 Å². The van der Waals surface area contributed by atoms with E-state index in [-0.39, 0.29) is 6.03 Å². The molecule has 0 saturated carbocycles. The van der Waals surface area contributed by atoms with Crippen LogP contribution in [0.3, 0.4) is 0 Å². The molecule has 6 heteroatoms. The normalized spacial score (nSPS) is 10.9. The van der Waals surface area contributed by atoms with E-state index in [1.165, 1.54) is 0 Å². The number of hydrogen-bond acceptors (Lipinski definition) is 4. The Bertz CT molecular complexity index is 1190. The van der Waals surface area contributed by atoms with Crippen LogP contribution in [0.4, 0.5) is 22.0 Å². The standard InChI is InChI=1S/C23H22N4O2/c1-13-10-14(2)12-18(11-13)26-23(28)25-17-7-5-16(6-8-17)19-9-4-15(3)21-20(19)22(24)27-29-21/h4-12H,1-3H3,(H2,24,27)(H2,25,26,28). The van der Waals surface area contributed by atoms with Gasteiger partial charge in [0.2, 0.25) is 0 Å². The topological polar surface area (TPSA) is 93.2 Å².